The monoisotopic (exact) mass is 289 g/mol. The Kier molecular flexibility index (Phi) is 4.81. The lowest BCUT2D eigenvalue weighted by Crippen LogP contribution is -2.02. The van der Waals surface area contributed by atoms with E-state index in [1.807, 2.05) is 13.0 Å². The van der Waals surface area contributed by atoms with Crippen LogP contribution in [-0.2, 0) is 0 Å². The van der Waals surface area contributed by atoms with Crippen molar-refractivity contribution in [2.45, 2.75) is 6.92 Å². The van der Waals surface area contributed by atoms with Crippen molar-refractivity contribution >= 4 is 5.82 Å². The molecule has 112 valence electrons. The number of hydrogen-bond donors (Lipinski definition) is 1. The fourth-order valence-electron chi connectivity index (χ4n) is 1.98. The predicted molar refractivity (Wildman–Crippen MR) is 81.3 cm³/mol. The molecule has 0 amide bonds. The van der Waals surface area contributed by atoms with Gasteiger partial charge in [-0.3, -0.25) is 0 Å². The molecule has 1 N–H and O–H groups in total. The molecule has 0 radical (unpaired) electrons. The molecule has 2 aromatic rings. The van der Waals surface area contributed by atoms with Crippen LogP contribution in [0.4, 0.5) is 5.82 Å². The molecule has 0 aliphatic carbocycles. The van der Waals surface area contributed by atoms with E-state index in [9.17, 15) is 0 Å². The van der Waals surface area contributed by atoms with Crippen molar-refractivity contribution in [2.75, 3.05) is 33.2 Å². The summed E-state index contributed by atoms with van der Waals surface area (Å²) in [6.45, 7) is 2.80. The van der Waals surface area contributed by atoms with E-state index in [4.69, 9.17) is 14.2 Å². The van der Waals surface area contributed by atoms with Crippen molar-refractivity contribution < 1.29 is 14.2 Å². The van der Waals surface area contributed by atoms with Crippen LogP contribution in [0.15, 0.2) is 24.4 Å². The van der Waals surface area contributed by atoms with E-state index in [2.05, 4.69) is 15.3 Å². The Bertz CT molecular complexity index is 592. The van der Waals surface area contributed by atoms with Crippen LogP contribution in [0.1, 0.15) is 6.92 Å². The molecule has 1 aromatic carbocycles. The van der Waals surface area contributed by atoms with Gasteiger partial charge in [0.25, 0.3) is 0 Å². The Morgan fingerprint density at radius 2 is 1.71 bits per heavy atom. The smallest absolute Gasteiger partial charge is 0.169 e. The minimum absolute atomic E-state index is 0.532. The molecule has 0 spiro atoms. The molecular weight excluding hydrogens is 270 g/mol. The van der Waals surface area contributed by atoms with Gasteiger partial charge in [0.1, 0.15) is 28.6 Å². The van der Waals surface area contributed by atoms with Crippen LogP contribution in [-0.4, -0.2) is 37.8 Å². The van der Waals surface area contributed by atoms with E-state index in [0.29, 0.717) is 28.6 Å². The average Bonchev–Trinajstić information content (AvgIpc) is 2.54. The van der Waals surface area contributed by atoms with Gasteiger partial charge in [0.2, 0.25) is 0 Å². The number of benzene rings is 1. The second kappa shape index (κ2) is 6.78. The summed E-state index contributed by atoms with van der Waals surface area (Å²) in [4.78, 5) is 8.80. The fraction of sp³-hybridized carbons (Fsp3) is 0.333. The molecule has 0 aliphatic heterocycles. The van der Waals surface area contributed by atoms with Gasteiger partial charge in [-0.25, -0.2) is 9.97 Å². The first-order chi connectivity index (χ1) is 10.2. The molecule has 0 aliphatic rings. The second-order valence-corrected chi connectivity index (χ2v) is 4.20. The highest BCUT2D eigenvalue weighted by Gasteiger charge is 2.17. The molecule has 0 unspecified atom stereocenters. The largest absolute Gasteiger partial charge is 0.496 e. The summed E-state index contributed by atoms with van der Waals surface area (Å²) in [6, 6.07) is 5.37. The molecule has 0 fully saturated rings. The first kappa shape index (κ1) is 14.9. The van der Waals surface area contributed by atoms with E-state index >= 15 is 0 Å². The molecule has 6 heteroatoms. The highest BCUT2D eigenvalue weighted by molar-refractivity contribution is 5.74. The first-order valence-corrected chi connectivity index (χ1v) is 6.60. The van der Waals surface area contributed by atoms with Crippen LogP contribution in [0.2, 0.25) is 0 Å². The topological polar surface area (TPSA) is 65.5 Å². The van der Waals surface area contributed by atoms with Crippen molar-refractivity contribution in [3.8, 4) is 28.6 Å². The summed E-state index contributed by atoms with van der Waals surface area (Å²) in [6.07, 6.45) is 1.70. The highest BCUT2D eigenvalue weighted by Crippen LogP contribution is 2.40. The summed E-state index contributed by atoms with van der Waals surface area (Å²) in [5.41, 5.74) is 0.695. The van der Waals surface area contributed by atoms with Crippen molar-refractivity contribution in [1.82, 2.24) is 9.97 Å². The van der Waals surface area contributed by atoms with Crippen LogP contribution in [0.5, 0.6) is 17.2 Å². The van der Waals surface area contributed by atoms with E-state index in [1.165, 1.54) is 0 Å². The predicted octanol–water partition coefficient (Wildman–Crippen LogP) is 2.60. The zero-order valence-electron chi connectivity index (χ0n) is 12.6. The van der Waals surface area contributed by atoms with Crippen LogP contribution in [0.3, 0.4) is 0 Å². The Morgan fingerprint density at radius 3 is 2.24 bits per heavy atom. The van der Waals surface area contributed by atoms with Gasteiger partial charge in [0, 0.05) is 24.9 Å². The summed E-state index contributed by atoms with van der Waals surface area (Å²) >= 11 is 0. The Labute approximate surface area is 124 Å². The lowest BCUT2D eigenvalue weighted by Gasteiger charge is -2.14. The number of nitrogens with zero attached hydrogens (tertiary/aromatic N) is 2. The lowest BCUT2D eigenvalue weighted by molar-refractivity contribution is 0.377. The summed E-state index contributed by atoms with van der Waals surface area (Å²) in [5.74, 6) is 3.13. The standard InChI is InChI=1S/C15H19N3O3/c1-5-16-13-6-7-17-15(18-13)14-11(20-3)8-10(19-2)9-12(14)21-4/h6-9H,5H2,1-4H3,(H,16,17,18). The third kappa shape index (κ3) is 3.16. The minimum Gasteiger partial charge on any atom is -0.496 e. The van der Waals surface area contributed by atoms with Crippen molar-refractivity contribution in [3.05, 3.63) is 24.4 Å². The summed E-state index contributed by atoms with van der Waals surface area (Å²) in [5, 5.41) is 3.16. The van der Waals surface area contributed by atoms with E-state index in [1.54, 1.807) is 39.7 Å². The third-order valence-corrected chi connectivity index (χ3v) is 2.95. The van der Waals surface area contributed by atoms with E-state index in [-0.39, 0.29) is 0 Å². The van der Waals surface area contributed by atoms with Gasteiger partial charge in [-0.2, -0.15) is 0 Å². The van der Waals surface area contributed by atoms with Gasteiger partial charge < -0.3 is 19.5 Å². The molecule has 0 bridgehead atoms. The minimum atomic E-state index is 0.532. The molecule has 6 nitrogen and oxygen atoms in total. The maximum Gasteiger partial charge on any atom is 0.169 e. The number of ether oxygens (including phenoxy) is 3. The maximum atomic E-state index is 5.42. The Hall–Kier alpha value is -2.50. The van der Waals surface area contributed by atoms with Gasteiger partial charge in [0.05, 0.1) is 21.3 Å². The van der Waals surface area contributed by atoms with Crippen molar-refractivity contribution in [2.24, 2.45) is 0 Å². The molecule has 21 heavy (non-hydrogen) atoms. The van der Waals surface area contributed by atoms with Gasteiger partial charge >= 0.3 is 0 Å². The number of aromatic nitrogens is 2. The number of hydrogen-bond acceptors (Lipinski definition) is 6. The average molecular weight is 289 g/mol. The van der Waals surface area contributed by atoms with Gasteiger partial charge in [-0.05, 0) is 13.0 Å². The number of nitrogens with one attached hydrogen (secondary N) is 1. The molecular formula is C15H19N3O3. The number of methoxy groups -OCH3 is 3. The lowest BCUT2D eigenvalue weighted by atomic mass is 10.1. The number of anilines is 1. The van der Waals surface area contributed by atoms with Crippen LogP contribution in [0.25, 0.3) is 11.4 Å². The van der Waals surface area contributed by atoms with Crippen LogP contribution >= 0.6 is 0 Å². The quantitative estimate of drug-likeness (QED) is 0.881. The molecule has 2 rings (SSSR count). The van der Waals surface area contributed by atoms with E-state index in [0.717, 1.165) is 12.4 Å². The Balaban J connectivity index is 2.58. The zero-order chi connectivity index (χ0) is 15.2. The SMILES string of the molecule is CCNc1ccnc(-c2c(OC)cc(OC)cc2OC)n1. The summed E-state index contributed by atoms with van der Waals surface area (Å²) < 4.78 is 16.1. The van der Waals surface area contributed by atoms with E-state index < -0.39 is 0 Å². The molecule has 0 atom stereocenters. The molecule has 0 saturated carbocycles. The zero-order valence-corrected chi connectivity index (χ0v) is 12.6. The summed E-state index contributed by atoms with van der Waals surface area (Å²) in [7, 11) is 4.77. The van der Waals surface area contributed by atoms with Gasteiger partial charge in [-0.1, -0.05) is 0 Å². The molecule has 1 aromatic heterocycles. The second-order valence-electron chi connectivity index (χ2n) is 4.20. The van der Waals surface area contributed by atoms with Crippen molar-refractivity contribution in [3.63, 3.8) is 0 Å². The fourth-order valence-corrected chi connectivity index (χ4v) is 1.98. The van der Waals surface area contributed by atoms with Crippen LogP contribution in [0, 0.1) is 0 Å². The highest BCUT2D eigenvalue weighted by atomic mass is 16.5. The van der Waals surface area contributed by atoms with Gasteiger partial charge in [0.15, 0.2) is 5.82 Å². The third-order valence-electron chi connectivity index (χ3n) is 2.95. The Morgan fingerprint density at radius 1 is 1.05 bits per heavy atom. The van der Waals surface area contributed by atoms with Crippen molar-refractivity contribution in [1.29, 1.82) is 0 Å². The van der Waals surface area contributed by atoms with Crippen LogP contribution < -0.4 is 19.5 Å². The normalized spacial score (nSPS) is 10.1. The first-order valence-electron chi connectivity index (χ1n) is 6.60. The molecule has 0 saturated heterocycles. The number of rotatable bonds is 6. The maximum absolute atomic E-state index is 5.42. The van der Waals surface area contributed by atoms with Gasteiger partial charge in [-0.15, -0.1) is 0 Å². The molecule has 1 heterocycles.